The molecule has 5 rings (SSSR count). The van der Waals surface area contributed by atoms with E-state index in [4.69, 9.17) is 15.5 Å². The minimum Gasteiger partial charge on any atom is -0.497 e. The van der Waals surface area contributed by atoms with Crippen molar-refractivity contribution in [3.63, 3.8) is 0 Å². The first kappa shape index (κ1) is 16.5. The quantitative estimate of drug-likeness (QED) is 0.555. The lowest BCUT2D eigenvalue weighted by atomic mass is 10.2. The van der Waals surface area contributed by atoms with Crippen LogP contribution in [0, 0.1) is 0 Å². The van der Waals surface area contributed by atoms with Crippen molar-refractivity contribution in [1.29, 1.82) is 0 Å². The van der Waals surface area contributed by atoms with Crippen molar-refractivity contribution in [3.05, 3.63) is 48.5 Å². The summed E-state index contributed by atoms with van der Waals surface area (Å²) >= 11 is 0. The molecule has 1 aliphatic carbocycles. The predicted octanol–water partition coefficient (Wildman–Crippen LogP) is 2.38. The molecule has 1 saturated carbocycles. The number of hydrogen-bond donors (Lipinski definition) is 2. The Balaban J connectivity index is 1.70. The molecule has 2 heterocycles. The van der Waals surface area contributed by atoms with Gasteiger partial charge in [0.25, 0.3) is 0 Å². The number of anilines is 1. The zero-order chi connectivity index (χ0) is 19.3. The lowest BCUT2D eigenvalue weighted by Crippen LogP contribution is -2.38. The van der Waals surface area contributed by atoms with Crippen LogP contribution in [0.15, 0.2) is 48.5 Å². The first-order chi connectivity index (χ1) is 13.6. The van der Waals surface area contributed by atoms with Crippen LogP contribution in [0.4, 0.5) is 5.95 Å². The SMILES string of the molecule is COc1ccc(-c2nc3c4ccccc4nc(NC4(C(N)=O)CC4)n3n2)cc1. The summed E-state index contributed by atoms with van der Waals surface area (Å²) in [5.41, 5.74) is 7.11. The minimum atomic E-state index is -0.755. The van der Waals surface area contributed by atoms with E-state index in [1.807, 2.05) is 48.5 Å². The summed E-state index contributed by atoms with van der Waals surface area (Å²) in [7, 11) is 1.63. The van der Waals surface area contributed by atoms with Crippen LogP contribution in [0.3, 0.4) is 0 Å². The van der Waals surface area contributed by atoms with Crippen molar-refractivity contribution in [1.82, 2.24) is 19.6 Å². The lowest BCUT2D eigenvalue weighted by molar-refractivity contribution is -0.119. The van der Waals surface area contributed by atoms with Crippen molar-refractivity contribution >= 4 is 28.4 Å². The molecule has 8 nitrogen and oxygen atoms in total. The second-order valence-corrected chi connectivity index (χ2v) is 6.92. The number of fused-ring (bicyclic) bond motifs is 3. The fourth-order valence-electron chi connectivity index (χ4n) is 3.27. The number of ether oxygens (including phenoxy) is 1. The number of amides is 1. The highest BCUT2D eigenvalue weighted by Crippen LogP contribution is 2.38. The average Bonchev–Trinajstić information content (AvgIpc) is 3.36. The Morgan fingerprint density at radius 2 is 1.89 bits per heavy atom. The molecule has 140 valence electrons. The van der Waals surface area contributed by atoms with Gasteiger partial charge in [0.15, 0.2) is 11.5 Å². The van der Waals surface area contributed by atoms with E-state index in [0.29, 0.717) is 30.3 Å². The lowest BCUT2D eigenvalue weighted by Gasteiger charge is -2.15. The molecule has 0 saturated heterocycles. The van der Waals surface area contributed by atoms with Crippen LogP contribution >= 0.6 is 0 Å². The average molecular weight is 374 g/mol. The fraction of sp³-hybridized carbons (Fsp3) is 0.200. The molecule has 0 spiro atoms. The van der Waals surface area contributed by atoms with Crippen LogP contribution < -0.4 is 15.8 Å². The van der Waals surface area contributed by atoms with E-state index in [1.165, 1.54) is 0 Å². The number of benzene rings is 2. The van der Waals surface area contributed by atoms with Crippen LogP contribution in [0.5, 0.6) is 5.75 Å². The van der Waals surface area contributed by atoms with E-state index in [-0.39, 0.29) is 5.91 Å². The Bertz CT molecular complexity index is 1210. The van der Waals surface area contributed by atoms with Crippen LogP contribution in [-0.4, -0.2) is 38.1 Å². The molecule has 4 aromatic rings. The third kappa shape index (κ3) is 2.53. The first-order valence-corrected chi connectivity index (χ1v) is 8.98. The van der Waals surface area contributed by atoms with Gasteiger partial charge in [0.2, 0.25) is 11.9 Å². The molecule has 2 aromatic heterocycles. The van der Waals surface area contributed by atoms with Gasteiger partial charge >= 0.3 is 0 Å². The highest BCUT2D eigenvalue weighted by Gasteiger charge is 2.49. The van der Waals surface area contributed by atoms with Gasteiger partial charge in [-0.25, -0.2) is 9.97 Å². The van der Waals surface area contributed by atoms with E-state index in [0.717, 1.165) is 22.2 Å². The van der Waals surface area contributed by atoms with Crippen LogP contribution in [0.25, 0.3) is 27.9 Å². The molecule has 1 fully saturated rings. The summed E-state index contributed by atoms with van der Waals surface area (Å²) in [6.45, 7) is 0. The summed E-state index contributed by atoms with van der Waals surface area (Å²) in [5, 5.41) is 8.73. The number of nitrogens with zero attached hydrogens (tertiary/aromatic N) is 4. The summed E-state index contributed by atoms with van der Waals surface area (Å²) in [5.74, 6) is 1.40. The minimum absolute atomic E-state index is 0.383. The Morgan fingerprint density at radius 3 is 2.57 bits per heavy atom. The van der Waals surface area contributed by atoms with Gasteiger partial charge in [-0.2, -0.15) is 4.52 Å². The molecular formula is C20H18N6O2. The normalized spacial score (nSPS) is 14.9. The van der Waals surface area contributed by atoms with E-state index < -0.39 is 5.54 Å². The van der Waals surface area contributed by atoms with Crippen molar-refractivity contribution in [2.24, 2.45) is 5.73 Å². The summed E-state index contributed by atoms with van der Waals surface area (Å²) in [6, 6.07) is 15.2. The number of carbonyl (C=O) groups is 1. The van der Waals surface area contributed by atoms with Gasteiger partial charge in [0.05, 0.1) is 12.6 Å². The Hall–Kier alpha value is -3.68. The van der Waals surface area contributed by atoms with E-state index in [2.05, 4.69) is 15.4 Å². The first-order valence-electron chi connectivity index (χ1n) is 8.98. The highest BCUT2D eigenvalue weighted by molar-refractivity contribution is 5.94. The topological polar surface area (TPSA) is 107 Å². The number of nitrogens with one attached hydrogen (secondary N) is 1. The maximum absolute atomic E-state index is 11.8. The highest BCUT2D eigenvalue weighted by atomic mass is 16.5. The Kier molecular flexibility index (Phi) is 3.48. The molecule has 0 bridgehead atoms. The van der Waals surface area contributed by atoms with Gasteiger partial charge in [-0.1, -0.05) is 12.1 Å². The second-order valence-electron chi connectivity index (χ2n) is 6.92. The molecule has 1 aliphatic rings. The van der Waals surface area contributed by atoms with E-state index in [1.54, 1.807) is 11.6 Å². The molecule has 0 atom stereocenters. The standard InChI is InChI=1S/C20H18N6O2/c1-28-13-8-6-12(7-9-13)16-23-17-14-4-2-3-5-15(14)22-19(26(17)25-16)24-20(10-11-20)18(21)27/h2-9H,10-11H2,1H3,(H2,21,27)(H,22,24). The zero-order valence-corrected chi connectivity index (χ0v) is 15.2. The van der Waals surface area contributed by atoms with Crippen molar-refractivity contribution in [2.45, 2.75) is 18.4 Å². The fourth-order valence-corrected chi connectivity index (χ4v) is 3.27. The number of primary amides is 1. The zero-order valence-electron chi connectivity index (χ0n) is 15.2. The molecule has 0 radical (unpaired) electrons. The van der Waals surface area contributed by atoms with Gasteiger partial charge < -0.3 is 15.8 Å². The third-order valence-electron chi connectivity index (χ3n) is 5.10. The van der Waals surface area contributed by atoms with E-state index in [9.17, 15) is 4.79 Å². The number of carbonyl (C=O) groups excluding carboxylic acids is 1. The van der Waals surface area contributed by atoms with Crippen LogP contribution in [-0.2, 0) is 4.79 Å². The predicted molar refractivity (Wildman–Crippen MR) is 105 cm³/mol. The largest absolute Gasteiger partial charge is 0.497 e. The smallest absolute Gasteiger partial charge is 0.243 e. The summed E-state index contributed by atoms with van der Waals surface area (Å²) in [6.07, 6.45) is 1.36. The van der Waals surface area contributed by atoms with Crippen molar-refractivity contribution in [3.8, 4) is 17.1 Å². The summed E-state index contributed by atoms with van der Waals surface area (Å²) in [4.78, 5) is 21.3. The maximum Gasteiger partial charge on any atom is 0.243 e. The number of nitrogens with two attached hydrogens (primary N) is 1. The molecule has 8 heteroatoms. The van der Waals surface area contributed by atoms with Crippen molar-refractivity contribution < 1.29 is 9.53 Å². The summed E-state index contributed by atoms with van der Waals surface area (Å²) < 4.78 is 6.86. The van der Waals surface area contributed by atoms with Gasteiger partial charge in [-0.3, -0.25) is 4.79 Å². The number of methoxy groups -OCH3 is 1. The molecule has 0 aliphatic heterocycles. The Labute approximate surface area is 160 Å². The van der Waals surface area contributed by atoms with Crippen LogP contribution in [0.1, 0.15) is 12.8 Å². The van der Waals surface area contributed by atoms with E-state index >= 15 is 0 Å². The number of aromatic nitrogens is 4. The van der Waals surface area contributed by atoms with Gasteiger partial charge in [0.1, 0.15) is 11.3 Å². The second kappa shape index (κ2) is 5.91. The number of para-hydroxylation sites is 1. The Morgan fingerprint density at radius 1 is 1.14 bits per heavy atom. The number of hydrogen-bond acceptors (Lipinski definition) is 6. The van der Waals surface area contributed by atoms with Crippen LogP contribution in [0.2, 0.25) is 0 Å². The van der Waals surface area contributed by atoms with Gasteiger partial charge in [0, 0.05) is 10.9 Å². The molecule has 2 aromatic carbocycles. The maximum atomic E-state index is 11.8. The molecule has 1 amide bonds. The van der Waals surface area contributed by atoms with Crippen molar-refractivity contribution in [2.75, 3.05) is 12.4 Å². The molecule has 28 heavy (non-hydrogen) atoms. The van der Waals surface area contributed by atoms with Gasteiger partial charge in [-0.05, 0) is 49.2 Å². The monoisotopic (exact) mass is 374 g/mol. The van der Waals surface area contributed by atoms with Gasteiger partial charge in [-0.15, -0.1) is 5.10 Å². The third-order valence-corrected chi connectivity index (χ3v) is 5.10. The number of rotatable bonds is 5. The molecule has 0 unspecified atom stereocenters. The molecule has 3 N–H and O–H groups in total. The molecular weight excluding hydrogens is 356 g/mol.